The number of rotatable bonds is 4. The Bertz CT molecular complexity index is 491. The zero-order chi connectivity index (χ0) is 12.3. The van der Waals surface area contributed by atoms with Gasteiger partial charge in [-0.05, 0) is 54.8 Å². The number of Topliss-reactive ketones (excluding diaryl/α,β-unsaturated/α-hetero) is 1. The van der Waals surface area contributed by atoms with Crippen molar-refractivity contribution in [3.05, 3.63) is 57.3 Å². The molecule has 0 spiro atoms. The van der Waals surface area contributed by atoms with E-state index in [-0.39, 0.29) is 5.78 Å². The van der Waals surface area contributed by atoms with Crippen LogP contribution in [0.4, 0.5) is 0 Å². The Morgan fingerprint density at radius 1 is 1.18 bits per heavy atom. The van der Waals surface area contributed by atoms with E-state index in [1.54, 1.807) is 11.3 Å². The van der Waals surface area contributed by atoms with E-state index in [0.717, 1.165) is 23.1 Å². The third-order valence-corrected chi connectivity index (χ3v) is 3.50. The smallest absolute Gasteiger partial charge is 0.163 e. The summed E-state index contributed by atoms with van der Waals surface area (Å²) in [6.07, 6.45) is 1.44. The normalized spacial score (nSPS) is 10.5. The van der Waals surface area contributed by atoms with Crippen molar-refractivity contribution >= 4 is 17.1 Å². The Labute approximate surface area is 106 Å². The van der Waals surface area contributed by atoms with Gasteiger partial charge in [0.15, 0.2) is 5.78 Å². The van der Waals surface area contributed by atoms with Crippen molar-refractivity contribution in [1.82, 2.24) is 0 Å². The number of ketones is 1. The Balaban J connectivity index is 2.04. The van der Waals surface area contributed by atoms with Gasteiger partial charge in [0.1, 0.15) is 0 Å². The van der Waals surface area contributed by atoms with Gasteiger partial charge >= 0.3 is 0 Å². The molecule has 0 fully saturated rings. The van der Waals surface area contributed by atoms with Crippen LogP contribution in [0.25, 0.3) is 0 Å². The molecule has 0 N–H and O–H groups in total. The molecule has 2 rings (SSSR count). The molecule has 0 saturated heterocycles. The fourth-order valence-electron chi connectivity index (χ4n) is 1.97. The van der Waals surface area contributed by atoms with Crippen molar-refractivity contribution < 1.29 is 4.79 Å². The van der Waals surface area contributed by atoms with Gasteiger partial charge in [0.25, 0.3) is 0 Å². The molecule has 1 aromatic carbocycles. The molecule has 17 heavy (non-hydrogen) atoms. The van der Waals surface area contributed by atoms with Crippen LogP contribution in [0.15, 0.2) is 35.0 Å². The lowest BCUT2D eigenvalue weighted by atomic mass is 10.0. The van der Waals surface area contributed by atoms with Gasteiger partial charge in [-0.25, -0.2) is 0 Å². The van der Waals surface area contributed by atoms with Crippen molar-refractivity contribution in [2.45, 2.75) is 26.7 Å². The zero-order valence-corrected chi connectivity index (χ0v) is 11.0. The molecule has 2 heteroatoms. The molecule has 0 saturated carbocycles. The Kier molecular flexibility index (Phi) is 3.75. The summed E-state index contributed by atoms with van der Waals surface area (Å²) in [6.45, 7) is 4.06. The van der Waals surface area contributed by atoms with Crippen LogP contribution in [0.2, 0.25) is 0 Å². The van der Waals surface area contributed by atoms with Crippen LogP contribution in [-0.2, 0) is 6.42 Å². The van der Waals surface area contributed by atoms with E-state index in [1.807, 2.05) is 26.0 Å². The van der Waals surface area contributed by atoms with Crippen molar-refractivity contribution in [2.24, 2.45) is 0 Å². The average molecular weight is 244 g/mol. The monoisotopic (exact) mass is 244 g/mol. The molecule has 0 aliphatic carbocycles. The van der Waals surface area contributed by atoms with Crippen molar-refractivity contribution in [3.63, 3.8) is 0 Å². The summed E-state index contributed by atoms with van der Waals surface area (Å²) in [5, 5.41) is 4.16. The highest BCUT2D eigenvalue weighted by atomic mass is 32.1. The SMILES string of the molecule is Cc1cc(C)cc(C(=O)CCc2ccsc2)c1. The minimum absolute atomic E-state index is 0.239. The third-order valence-electron chi connectivity index (χ3n) is 2.76. The zero-order valence-electron chi connectivity index (χ0n) is 10.2. The van der Waals surface area contributed by atoms with Crippen molar-refractivity contribution in [3.8, 4) is 0 Å². The summed E-state index contributed by atoms with van der Waals surface area (Å²) < 4.78 is 0. The van der Waals surface area contributed by atoms with Crippen LogP contribution in [-0.4, -0.2) is 5.78 Å². The molecule has 0 bridgehead atoms. The lowest BCUT2D eigenvalue weighted by molar-refractivity contribution is 0.0982. The predicted molar refractivity (Wildman–Crippen MR) is 72.9 cm³/mol. The molecule has 1 aromatic heterocycles. The van der Waals surface area contributed by atoms with Gasteiger partial charge < -0.3 is 0 Å². The standard InChI is InChI=1S/C15H16OS/c1-11-7-12(2)9-14(8-11)15(16)4-3-13-5-6-17-10-13/h5-10H,3-4H2,1-2H3. The van der Waals surface area contributed by atoms with E-state index >= 15 is 0 Å². The summed E-state index contributed by atoms with van der Waals surface area (Å²) in [5.41, 5.74) is 4.42. The molecule has 2 aromatic rings. The van der Waals surface area contributed by atoms with Crippen molar-refractivity contribution in [1.29, 1.82) is 0 Å². The first-order chi connectivity index (χ1) is 8.15. The van der Waals surface area contributed by atoms with Gasteiger partial charge in [0.2, 0.25) is 0 Å². The van der Waals surface area contributed by atoms with Gasteiger partial charge in [-0.2, -0.15) is 11.3 Å². The summed E-state index contributed by atoms with van der Waals surface area (Å²) in [6, 6.07) is 8.13. The average Bonchev–Trinajstić information content (AvgIpc) is 2.77. The highest BCUT2D eigenvalue weighted by Gasteiger charge is 2.07. The van der Waals surface area contributed by atoms with Crippen LogP contribution in [0.3, 0.4) is 0 Å². The predicted octanol–water partition coefficient (Wildman–Crippen LogP) is 4.18. The fraction of sp³-hybridized carbons (Fsp3) is 0.267. The van der Waals surface area contributed by atoms with Gasteiger partial charge in [-0.15, -0.1) is 0 Å². The van der Waals surface area contributed by atoms with Crippen LogP contribution < -0.4 is 0 Å². The number of aryl methyl sites for hydroxylation is 3. The second kappa shape index (κ2) is 5.28. The number of benzene rings is 1. The van der Waals surface area contributed by atoms with Crippen molar-refractivity contribution in [2.75, 3.05) is 0 Å². The van der Waals surface area contributed by atoms with E-state index in [4.69, 9.17) is 0 Å². The maximum Gasteiger partial charge on any atom is 0.163 e. The Hall–Kier alpha value is -1.41. The molecule has 0 aliphatic rings. The minimum Gasteiger partial charge on any atom is -0.294 e. The van der Waals surface area contributed by atoms with Gasteiger partial charge in [-0.3, -0.25) is 4.79 Å². The topological polar surface area (TPSA) is 17.1 Å². The lowest BCUT2D eigenvalue weighted by Crippen LogP contribution is -2.01. The first-order valence-electron chi connectivity index (χ1n) is 5.78. The van der Waals surface area contributed by atoms with E-state index in [0.29, 0.717) is 6.42 Å². The minimum atomic E-state index is 0.239. The molecule has 0 unspecified atom stereocenters. The largest absolute Gasteiger partial charge is 0.294 e. The second-order valence-corrected chi connectivity index (χ2v) is 5.21. The molecule has 1 heterocycles. The molecule has 88 valence electrons. The first kappa shape index (κ1) is 12.1. The van der Waals surface area contributed by atoms with Gasteiger partial charge in [-0.1, -0.05) is 17.2 Å². The molecular formula is C15H16OS. The van der Waals surface area contributed by atoms with Gasteiger partial charge in [0.05, 0.1) is 0 Å². The fourth-order valence-corrected chi connectivity index (χ4v) is 2.68. The maximum atomic E-state index is 12.0. The van der Waals surface area contributed by atoms with Crippen LogP contribution in [0, 0.1) is 13.8 Å². The highest BCUT2D eigenvalue weighted by Crippen LogP contribution is 2.14. The summed E-state index contributed by atoms with van der Waals surface area (Å²) in [5.74, 6) is 0.239. The number of carbonyl (C=O) groups is 1. The van der Waals surface area contributed by atoms with E-state index in [2.05, 4.69) is 22.9 Å². The molecule has 0 atom stereocenters. The number of hydrogen-bond acceptors (Lipinski definition) is 2. The first-order valence-corrected chi connectivity index (χ1v) is 6.72. The molecular weight excluding hydrogens is 228 g/mol. The molecule has 0 amide bonds. The van der Waals surface area contributed by atoms with Gasteiger partial charge in [0, 0.05) is 12.0 Å². The Morgan fingerprint density at radius 2 is 1.88 bits per heavy atom. The van der Waals surface area contributed by atoms with E-state index in [9.17, 15) is 4.79 Å². The second-order valence-electron chi connectivity index (χ2n) is 4.43. The quantitative estimate of drug-likeness (QED) is 0.737. The Morgan fingerprint density at radius 3 is 2.47 bits per heavy atom. The van der Waals surface area contributed by atoms with E-state index in [1.165, 1.54) is 5.56 Å². The summed E-state index contributed by atoms with van der Waals surface area (Å²) in [4.78, 5) is 12.0. The van der Waals surface area contributed by atoms with Crippen LogP contribution in [0.1, 0.15) is 33.5 Å². The number of hydrogen-bond donors (Lipinski definition) is 0. The van der Waals surface area contributed by atoms with Crippen LogP contribution >= 0.6 is 11.3 Å². The lowest BCUT2D eigenvalue weighted by Gasteiger charge is -2.03. The number of thiophene rings is 1. The molecule has 1 nitrogen and oxygen atoms in total. The summed E-state index contributed by atoms with van der Waals surface area (Å²) in [7, 11) is 0. The van der Waals surface area contributed by atoms with Crippen LogP contribution in [0.5, 0.6) is 0 Å². The summed E-state index contributed by atoms with van der Waals surface area (Å²) >= 11 is 1.68. The highest BCUT2D eigenvalue weighted by molar-refractivity contribution is 7.07. The molecule has 0 radical (unpaired) electrons. The third kappa shape index (κ3) is 3.27. The number of carbonyl (C=O) groups excluding carboxylic acids is 1. The molecule has 0 aliphatic heterocycles. The maximum absolute atomic E-state index is 12.0. The van der Waals surface area contributed by atoms with E-state index < -0.39 is 0 Å².